The van der Waals surface area contributed by atoms with Gasteiger partial charge in [0, 0.05) is 46.8 Å². The molecule has 0 heterocycles. The fraction of sp³-hybridized carbons (Fsp3) is 0.419. The molecule has 0 amide bonds. The number of carboxylic acids is 3. The Morgan fingerprint density at radius 1 is 0.652 bits per heavy atom. The van der Waals surface area contributed by atoms with Gasteiger partial charge in [-0.2, -0.15) is 0 Å². The molecule has 0 aromatic rings. The number of rotatable bonds is 16. The maximum atomic E-state index is 11.5. The van der Waals surface area contributed by atoms with Gasteiger partial charge in [-0.25, -0.2) is 28.8 Å². The van der Waals surface area contributed by atoms with E-state index in [9.17, 15) is 28.8 Å². The van der Waals surface area contributed by atoms with E-state index in [4.69, 9.17) is 44.8 Å². The molecule has 15 nitrogen and oxygen atoms in total. The van der Waals surface area contributed by atoms with E-state index in [1.54, 1.807) is 0 Å². The fourth-order valence-corrected chi connectivity index (χ4v) is 1.61. The second-order valence-electron chi connectivity index (χ2n) is 8.85. The summed E-state index contributed by atoms with van der Waals surface area (Å²) >= 11 is 0. The molecule has 0 aliphatic rings. The van der Waals surface area contributed by atoms with Crippen LogP contribution in [0.2, 0.25) is 0 Å². The van der Waals surface area contributed by atoms with Crippen molar-refractivity contribution in [2.24, 2.45) is 5.41 Å². The van der Waals surface area contributed by atoms with Crippen LogP contribution in [0, 0.1) is 5.41 Å². The first-order chi connectivity index (χ1) is 21.2. The monoisotopic (exact) mass is 660 g/mol. The maximum Gasteiger partial charge on any atom is 0.333 e. The van der Waals surface area contributed by atoms with E-state index in [0.717, 1.165) is 18.2 Å². The number of carboxylic acid groups (broad SMARTS) is 3. The van der Waals surface area contributed by atoms with Gasteiger partial charge in [0.25, 0.3) is 0 Å². The molecule has 0 aromatic carbocycles. The van der Waals surface area contributed by atoms with Gasteiger partial charge in [-0.3, -0.25) is 0 Å². The zero-order valence-corrected chi connectivity index (χ0v) is 26.9. The Balaban J connectivity index is -0.000000189. The minimum Gasteiger partial charge on any atom is -0.478 e. The Labute approximate surface area is 269 Å². The van der Waals surface area contributed by atoms with Crippen LogP contribution in [0.15, 0.2) is 74.4 Å². The van der Waals surface area contributed by atoms with E-state index in [2.05, 4.69) is 39.5 Å². The Bertz CT molecular complexity index is 976. The lowest BCUT2D eigenvalue weighted by atomic mass is 9.88. The zero-order chi connectivity index (χ0) is 37.5. The Morgan fingerprint density at radius 3 is 1.17 bits per heavy atom. The predicted molar refractivity (Wildman–Crippen MR) is 168 cm³/mol. The van der Waals surface area contributed by atoms with Gasteiger partial charge in [0.2, 0.25) is 0 Å². The van der Waals surface area contributed by atoms with Crippen molar-refractivity contribution in [2.45, 2.75) is 46.6 Å². The molecule has 0 aliphatic carbocycles. The molecule has 262 valence electrons. The summed E-state index contributed by atoms with van der Waals surface area (Å²) in [5.74, 6) is -4.68. The number of aliphatic carboxylic acids is 3. The average Bonchev–Trinajstić information content (AvgIpc) is 3.01. The molecule has 0 rings (SSSR count). The number of carbonyl (C=O) groups excluding carboxylic acids is 3. The maximum absolute atomic E-state index is 11.5. The smallest absolute Gasteiger partial charge is 0.333 e. The van der Waals surface area contributed by atoms with Crippen molar-refractivity contribution in [1.82, 2.24) is 0 Å². The van der Waals surface area contributed by atoms with Crippen LogP contribution in [-0.4, -0.2) is 106 Å². The first kappa shape index (κ1) is 50.8. The quantitative estimate of drug-likeness (QED) is 0.0789. The second kappa shape index (κ2) is 31.6. The highest BCUT2D eigenvalue weighted by Crippen LogP contribution is 2.18. The van der Waals surface area contributed by atoms with Crippen LogP contribution in [0.3, 0.4) is 0 Å². The van der Waals surface area contributed by atoms with Gasteiger partial charge in [-0.1, -0.05) is 46.4 Å². The van der Waals surface area contributed by atoms with Crippen LogP contribution >= 0.6 is 0 Å². The van der Waals surface area contributed by atoms with E-state index in [0.29, 0.717) is 6.42 Å². The van der Waals surface area contributed by atoms with Crippen molar-refractivity contribution in [1.29, 1.82) is 0 Å². The third-order valence-electron chi connectivity index (χ3n) is 4.67. The van der Waals surface area contributed by atoms with E-state index in [1.807, 2.05) is 6.92 Å². The molecule has 1 atom stereocenters. The molecule has 0 saturated heterocycles. The lowest BCUT2D eigenvalue weighted by Crippen LogP contribution is -2.32. The van der Waals surface area contributed by atoms with E-state index in [1.165, 1.54) is 20.8 Å². The number of aliphatic hydroxyl groups excluding tert-OH is 3. The first-order valence-corrected chi connectivity index (χ1v) is 13.1. The van der Waals surface area contributed by atoms with Crippen LogP contribution in [0.5, 0.6) is 0 Å². The zero-order valence-electron chi connectivity index (χ0n) is 26.9. The molecular weight excluding hydrogens is 612 g/mol. The Hall–Kier alpha value is -4.86. The number of ether oxygens (including phenoxy) is 3. The molecule has 46 heavy (non-hydrogen) atoms. The molecule has 15 heteroatoms. The number of hydrogen-bond acceptors (Lipinski definition) is 12. The third kappa shape index (κ3) is 35.3. The minimum absolute atomic E-state index is 0.00442. The summed E-state index contributed by atoms with van der Waals surface area (Å²) < 4.78 is 15.0. The van der Waals surface area contributed by atoms with E-state index >= 15 is 0 Å². The van der Waals surface area contributed by atoms with Crippen LogP contribution in [0.25, 0.3) is 0 Å². The van der Waals surface area contributed by atoms with Crippen molar-refractivity contribution >= 4 is 35.8 Å². The molecule has 6 N–H and O–H groups in total. The molecule has 0 saturated carbocycles. The minimum atomic E-state index is -0.981. The van der Waals surface area contributed by atoms with Crippen LogP contribution in [-0.2, 0) is 43.0 Å². The van der Waals surface area contributed by atoms with Gasteiger partial charge in [0.05, 0.1) is 26.4 Å². The number of hydrogen-bond donors (Lipinski definition) is 6. The summed E-state index contributed by atoms with van der Waals surface area (Å²) in [6.07, 6.45) is 2.53. The SMILES string of the molecule is C=C(C)C(=O)OCCC(COC(=O)C(=C)C)OC(=O)C(=C)C.C=CC(=O)O.C=CC(=O)O.C=CC(=O)O.CCC(CO)(CO)CO. The topological polar surface area (TPSA) is 251 Å². The van der Waals surface area contributed by atoms with Gasteiger partial charge in [0.15, 0.2) is 0 Å². The number of aliphatic hydroxyl groups is 3. The van der Waals surface area contributed by atoms with Crippen molar-refractivity contribution in [3.63, 3.8) is 0 Å². The van der Waals surface area contributed by atoms with Crippen molar-refractivity contribution in [2.75, 3.05) is 33.0 Å². The number of carbonyl (C=O) groups is 6. The summed E-state index contributed by atoms with van der Waals surface area (Å²) in [4.78, 5) is 61.9. The van der Waals surface area contributed by atoms with E-state index < -0.39 is 47.3 Å². The second-order valence-corrected chi connectivity index (χ2v) is 8.85. The molecule has 0 fully saturated rings. The normalized spacial score (nSPS) is 9.72. The summed E-state index contributed by atoms with van der Waals surface area (Å²) in [7, 11) is 0. The van der Waals surface area contributed by atoms with Gasteiger partial charge < -0.3 is 44.8 Å². The molecular formula is C31H48O15. The summed E-state index contributed by atoms with van der Waals surface area (Å²) in [5.41, 5.74) is 0.0537. The predicted octanol–water partition coefficient (Wildman–Crippen LogP) is 2.23. The molecule has 1 unspecified atom stereocenters. The molecule has 0 bridgehead atoms. The third-order valence-corrected chi connectivity index (χ3v) is 4.67. The fourth-order valence-electron chi connectivity index (χ4n) is 1.61. The van der Waals surface area contributed by atoms with Crippen molar-refractivity contribution in [3.05, 3.63) is 74.4 Å². The highest BCUT2D eigenvalue weighted by molar-refractivity contribution is 5.88. The van der Waals surface area contributed by atoms with Gasteiger partial charge in [0.1, 0.15) is 12.7 Å². The number of esters is 3. The summed E-state index contributed by atoms with van der Waals surface area (Å²) in [5, 5.41) is 48.8. The molecule has 0 aromatic heterocycles. The Morgan fingerprint density at radius 2 is 0.957 bits per heavy atom. The van der Waals surface area contributed by atoms with Gasteiger partial charge >= 0.3 is 35.8 Å². The van der Waals surface area contributed by atoms with Crippen LogP contribution in [0.4, 0.5) is 0 Å². The van der Waals surface area contributed by atoms with Crippen LogP contribution < -0.4 is 0 Å². The Kier molecular flexibility index (Phi) is 34.8. The lowest BCUT2D eigenvalue weighted by Gasteiger charge is -2.24. The largest absolute Gasteiger partial charge is 0.478 e. The summed E-state index contributed by atoms with van der Waals surface area (Å²) in [6.45, 7) is 25.0. The van der Waals surface area contributed by atoms with Gasteiger partial charge in [-0.15, -0.1) is 0 Å². The molecule has 0 spiro atoms. The standard InChI is InChI=1S/C16H22O6.C6H14O3.3C3H4O2/c1-10(2)14(17)20-8-7-13(22-16(19)12(5)6)9-21-15(18)11(3)4;1-2-6(3-7,4-8)5-9;3*1-2-3(4)5/h13H,1,3,5,7-9H2,2,4,6H3;7-9H,2-5H2,1H3;3*2H,1H2,(H,4,5). The molecule has 0 aliphatic heterocycles. The van der Waals surface area contributed by atoms with Crippen molar-refractivity contribution < 1.29 is 73.6 Å². The van der Waals surface area contributed by atoms with Crippen molar-refractivity contribution in [3.8, 4) is 0 Å². The highest BCUT2D eigenvalue weighted by atomic mass is 16.6. The molecule has 0 radical (unpaired) electrons. The summed E-state index contributed by atoms with van der Waals surface area (Å²) in [6, 6.07) is 0. The van der Waals surface area contributed by atoms with Gasteiger partial charge in [-0.05, 0) is 27.2 Å². The van der Waals surface area contributed by atoms with Crippen LogP contribution in [0.1, 0.15) is 40.5 Å². The van der Waals surface area contributed by atoms with E-state index in [-0.39, 0.29) is 56.2 Å². The average molecular weight is 661 g/mol. The first-order valence-electron chi connectivity index (χ1n) is 13.1. The lowest BCUT2D eigenvalue weighted by molar-refractivity contribution is -0.156. The highest BCUT2D eigenvalue weighted by Gasteiger charge is 2.25.